The van der Waals surface area contributed by atoms with Crippen LogP contribution in [0.2, 0.25) is 12.6 Å². The molecule has 126 valence electrons. The molecule has 2 N–H and O–H groups in total. The number of nitrogens with zero attached hydrogens (tertiary/aromatic N) is 1. The Balaban J connectivity index is 2.68. The number of H-pyrrole nitrogens is 2. The predicted molar refractivity (Wildman–Crippen MR) is 85.5 cm³/mol. The fourth-order valence-electron chi connectivity index (χ4n) is 2.04. The second kappa shape index (κ2) is 8.86. The Morgan fingerprint density at radius 3 is 1.95 bits per heavy atom. The lowest BCUT2D eigenvalue weighted by Gasteiger charge is -2.27. The van der Waals surface area contributed by atoms with E-state index in [9.17, 15) is 14.4 Å². The molecule has 0 bridgehead atoms. The highest BCUT2D eigenvalue weighted by molar-refractivity contribution is 6.66. The first-order valence-electron chi connectivity index (χ1n) is 7.63. The molecule has 0 saturated heterocycles. The molecule has 0 fully saturated rings. The Labute approximate surface area is 129 Å². The normalized spacial score (nSPS) is 11.8. The molecule has 1 heterocycles. The zero-order chi connectivity index (χ0) is 16.6. The Morgan fingerprint density at radius 2 is 1.50 bits per heavy atom. The first-order chi connectivity index (χ1) is 10.4. The molecule has 0 radical (unpaired) electrons. The van der Waals surface area contributed by atoms with E-state index in [1.165, 1.54) is 0 Å². The highest BCUT2D eigenvalue weighted by atomic mass is 28.4. The van der Waals surface area contributed by atoms with Crippen molar-refractivity contribution < 1.29 is 8.85 Å². The number of hydrogen-bond acceptors (Lipinski definition) is 5. The van der Waals surface area contributed by atoms with Crippen LogP contribution in [0.3, 0.4) is 0 Å². The predicted octanol–water partition coefficient (Wildman–Crippen LogP) is 0.540. The summed E-state index contributed by atoms with van der Waals surface area (Å²) in [5.74, 6) is 0. The van der Waals surface area contributed by atoms with Crippen LogP contribution < -0.4 is 17.1 Å². The summed E-state index contributed by atoms with van der Waals surface area (Å²) in [5.41, 5.74) is -2.18. The summed E-state index contributed by atoms with van der Waals surface area (Å²) >= 11 is 0. The van der Waals surface area contributed by atoms with Gasteiger partial charge in [-0.25, -0.2) is 19.0 Å². The molecule has 0 unspecified atom stereocenters. The lowest BCUT2D eigenvalue weighted by molar-refractivity contribution is 0.172. The van der Waals surface area contributed by atoms with Gasteiger partial charge in [-0.15, -0.1) is 0 Å². The minimum atomic E-state index is -2.29. The van der Waals surface area contributed by atoms with E-state index in [2.05, 4.69) is 0 Å². The third-order valence-electron chi connectivity index (χ3n) is 3.17. The van der Waals surface area contributed by atoms with Crippen LogP contribution in [0.25, 0.3) is 0 Å². The summed E-state index contributed by atoms with van der Waals surface area (Å²) in [5, 5.41) is 0. The van der Waals surface area contributed by atoms with Crippen LogP contribution in [0.4, 0.5) is 0 Å². The molecule has 9 heteroatoms. The maximum Gasteiger partial charge on any atom is 0.334 e. The van der Waals surface area contributed by atoms with E-state index in [1.807, 2.05) is 30.4 Å². The van der Waals surface area contributed by atoms with Crippen LogP contribution >= 0.6 is 0 Å². The Kier molecular flexibility index (Phi) is 7.49. The maximum atomic E-state index is 11.6. The van der Waals surface area contributed by atoms with Gasteiger partial charge in [0, 0.05) is 19.8 Å². The highest BCUT2D eigenvalue weighted by Crippen LogP contribution is 2.17. The molecule has 1 rings (SSSR count). The van der Waals surface area contributed by atoms with Crippen LogP contribution in [0, 0.1) is 0 Å². The van der Waals surface area contributed by atoms with Gasteiger partial charge in [0.25, 0.3) is 0 Å². The van der Waals surface area contributed by atoms with E-state index in [-0.39, 0.29) is 6.54 Å². The molecule has 0 aromatic carbocycles. The second-order valence-electron chi connectivity index (χ2n) is 5.28. The van der Waals surface area contributed by atoms with Crippen molar-refractivity contribution in [2.24, 2.45) is 0 Å². The largest absolute Gasteiger partial charge is 0.394 e. The van der Waals surface area contributed by atoms with Crippen molar-refractivity contribution in [3.8, 4) is 0 Å². The minimum absolute atomic E-state index is 0.221. The molecule has 0 aliphatic heterocycles. The van der Waals surface area contributed by atoms with Crippen molar-refractivity contribution in [3.63, 3.8) is 0 Å². The molecular formula is C13H25N3O5Si. The monoisotopic (exact) mass is 331 g/mol. The van der Waals surface area contributed by atoms with E-state index >= 15 is 0 Å². The average molecular weight is 331 g/mol. The van der Waals surface area contributed by atoms with Gasteiger partial charge in [0.1, 0.15) is 0 Å². The van der Waals surface area contributed by atoms with Gasteiger partial charge in [-0.2, -0.15) is 0 Å². The van der Waals surface area contributed by atoms with Crippen molar-refractivity contribution in [1.82, 2.24) is 14.5 Å². The zero-order valence-corrected chi connectivity index (χ0v) is 14.4. The highest BCUT2D eigenvalue weighted by Gasteiger charge is 2.30. The van der Waals surface area contributed by atoms with Crippen molar-refractivity contribution in [1.29, 1.82) is 0 Å². The number of nitrogens with one attached hydrogen (secondary N) is 2. The summed E-state index contributed by atoms with van der Waals surface area (Å²) in [6.07, 6.45) is 2.40. The molecular weight excluding hydrogens is 306 g/mol. The van der Waals surface area contributed by atoms with E-state index in [4.69, 9.17) is 8.85 Å². The van der Waals surface area contributed by atoms with Crippen molar-refractivity contribution in [2.45, 2.75) is 52.2 Å². The van der Waals surface area contributed by atoms with Crippen LogP contribution in [-0.4, -0.2) is 36.3 Å². The summed E-state index contributed by atoms with van der Waals surface area (Å²) in [6.45, 7) is 7.58. The number of aromatic nitrogens is 3. The standard InChI is InChI=1S/C13H25N3O5Si/c1-4-8-20-22(3,21-9-5-2)10-6-7-16-12(18)14-11(17)15-13(16)19/h4-10H2,1-3H3,(H2,14,15,17,18,19). The van der Waals surface area contributed by atoms with Crippen molar-refractivity contribution in [3.05, 3.63) is 31.5 Å². The Hall–Kier alpha value is -1.45. The number of aromatic amines is 2. The van der Waals surface area contributed by atoms with Gasteiger partial charge < -0.3 is 8.85 Å². The summed E-state index contributed by atoms with van der Waals surface area (Å²) < 4.78 is 12.7. The molecule has 0 aliphatic carbocycles. The second-order valence-corrected chi connectivity index (χ2v) is 8.62. The summed E-state index contributed by atoms with van der Waals surface area (Å²) in [7, 11) is -2.29. The van der Waals surface area contributed by atoms with Crippen LogP contribution in [0.1, 0.15) is 33.1 Å². The third-order valence-corrected chi connectivity index (χ3v) is 6.06. The minimum Gasteiger partial charge on any atom is -0.394 e. The van der Waals surface area contributed by atoms with E-state index in [0.29, 0.717) is 25.7 Å². The summed E-state index contributed by atoms with van der Waals surface area (Å²) in [4.78, 5) is 38.3. The van der Waals surface area contributed by atoms with Gasteiger partial charge in [0.15, 0.2) is 0 Å². The molecule has 1 aromatic rings. The zero-order valence-electron chi connectivity index (χ0n) is 13.4. The molecule has 22 heavy (non-hydrogen) atoms. The lowest BCUT2D eigenvalue weighted by Crippen LogP contribution is -2.44. The Morgan fingerprint density at radius 1 is 1.00 bits per heavy atom. The molecule has 0 saturated carbocycles. The molecule has 0 aliphatic rings. The van der Waals surface area contributed by atoms with Gasteiger partial charge in [-0.05, 0) is 31.9 Å². The fourth-order valence-corrected chi connectivity index (χ4v) is 4.48. The SMILES string of the molecule is CCCO[Si](C)(CCCn1c(=O)[nH]c(=O)[nH]c1=O)OCCC. The quantitative estimate of drug-likeness (QED) is 0.609. The van der Waals surface area contributed by atoms with Gasteiger partial charge in [-0.3, -0.25) is 9.97 Å². The smallest absolute Gasteiger partial charge is 0.334 e. The van der Waals surface area contributed by atoms with Crippen LogP contribution in [0.15, 0.2) is 14.4 Å². The molecule has 8 nitrogen and oxygen atoms in total. The first kappa shape index (κ1) is 18.6. The lowest BCUT2D eigenvalue weighted by atomic mass is 10.5. The Bertz CT molecular complexity index is 579. The van der Waals surface area contributed by atoms with E-state index in [0.717, 1.165) is 17.4 Å². The summed E-state index contributed by atoms with van der Waals surface area (Å²) in [6, 6.07) is 0.679. The first-order valence-corrected chi connectivity index (χ1v) is 10.2. The molecule has 1 aromatic heterocycles. The van der Waals surface area contributed by atoms with E-state index < -0.39 is 25.6 Å². The molecule has 0 spiro atoms. The average Bonchev–Trinajstić information content (AvgIpc) is 2.46. The van der Waals surface area contributed by atoms with Gasteiger partial charge >= 0.3 is 25.6 Å². The van der Waals surface area contributed by atoms with Crippen LogP contribution in [-0.2, 0) is 15.4 Å². The third kappa shape index (κ3) is 5.74. The maximum absolute atomic E-state index is 11.6. The van der Waals surface area contributed by atoms with Crippen molar-refractivity contribution in [2.75, 3.05) is 13.2 Å². The number of hydrogen-bond donors (Lipinski definition) is 2. The topological polar surface area (TPSA) is 106 Å². The van der Waals surface area contributed by atoms with E-state index in [1.54, 1.807) is 0 Å². The van der Waals surface area contributed by atoms with Crippen molar-refractivity contribution >= 4 is 8.56 Å². The fraction of sp³-hybridized carbons (Fsp3) is 0.769. The number of rotatable bonds is 10. The molecule has 0 amide bonds. The van der Waals surface area contributed by atoms with Gasteiger partial charge in [0.05, 0.1) is 0 Å². The van der Waals surface area contributed by atoms with Gasteiger partial charge in [0.2, 0.25) is 0 Å². The van der Waals surface area contributed by atoms with Crippen LogP contribution in [0.5, 0.6) is 0 Å². The molecule has 0 atom stereocenters. The van der Waals surface area contributed by atoms with Gasteiger partial charge in [-0.1, -0.05) is 13.8 Å².